The third-order valence-electron chi connectivity index (χ3n) is 2.58. The van der Waals surface area contributed by atoms with Crippen LogP contribution in [-0.2, 0) is 16.6 Å². The van der Waals surface area contributed by atoms with E-state index in [0.29, 0.717) is 25.2 Å². The van der Waals surface area contributed by atoms with Gasteiger partial charge in [-0.05, 0) is 21.1 Å². The molecule has 0 atom stereocenters. The van der Waals surface area contributed by atoms with E-state index >= 15 is 0 Å². The monoisotopic (exact) mass is 275 g/mol. The predicted molar refractivity (Wildman–Crippen MR) is 69.7 cm³/mol. The van der Waals surface area contributed by atoms with E-state index in [-0.39, 0.29) is 5.03 Å². The highest BCUT2D eigenvalue weighted by atomic mass is 32.2. The molecule has 0 saturated heterocycles. The van der Waals surface area contributed by atoms with Crippen LogP contribution in [0.2, 0.25) is 0 Å². The van der Waals surface area contributed by atoms with Crippen LogP contribution < -0.4 is 5.32 Å². The summed E-state index contributed by atoms with van der Waals surface area (Å²) >= 11 is 0. The smallest absolute Gasteiger partial charge is 0.260 e. The van der Waals surface area contributed by atoms with Crippen LogP contribution in [0.4, 0.5) is 0 Å². The molecular formula is C10H21N5O2S. The number of likely N-dealkylation sites (N-methyl/N-ethyl adjacent to an activating group) is 2. The minimum atomic E-state index is -3.50. The molecule has 8 heteroatoms. The van der Waals surface area contributed by atoms with Crippen molar-refractivity contribution >= 4 is 10.0 Å². The molecule has 2 N–H and O–H groups in total. The van der Waals surface area contributed by atoms with Gasteiger partial charge in [0.2, 0.25) is 0 Å². The third kappa shape index (κ3) is 3.52. The molecule has 0 bridgehead atoms. The Hall–Kier alpha value is -0.960. The standard InChI is InChI=1S/C10H21N5O2S/c1-11-7-9-8-12-13-10(9)18(16,17)15(4)6-5-14(2)3/h8,11H,5-7H2,1-4H3,(H,12,13). The molecule has 0 amide bonds. The number of hydrogen-bond donors (Lipinski definition) is 2. The molecule has 0 aliphatic rings. The molecule has 0 aliphatic carbocycles. The second kappa shape index (κ2) is 6.28. The van der Waals surface area contributed by atoms with E-state index in [1.807, 2.05) is 19.0 Å². The van der Waals surface area contributed by atoms with Crippen molar-refractivity contribution in [2.45, 2.75) is 11.6 Å². The molecule has 0 fully saturated rings. The van der Waals surface area contributed by atoms with Crippen molar-refractivity contribution in [2.75, 3.05) is 41.3 Å². The average molecular weight is 275 g/mol. The Kier molecular flexibility index (Phi) is 5.27. The molecule has 0 aromatic carbocycles. The summed E-state index contributed by atoms with van der Waals surface area (Å²) in [6, 6.07) is 0. The lowest BCUT2D eigenvalue weighted by Gasteiger charge is -2.19. The van der Waals surface area contributed by atoms with Crippen LogP contribution in [0.1, 0.15) is 5.56 Å². The molecule has 0 radical (unpaired) electrons. The lowest BCUT2D eigenvalue weighted by Crippen LogP contribution is -2.34. The van der Waals surface area contributed by atoms with Crippen molar-refractivity contribution in [3.8, 4) is 0 Å². The molecule has 1 heterocycles. The Bertz CT molecular complexity index is 468. The fourth-order valence-electron chi connectivity index (χ4n) is 1.46. The number of aromatic amines is 1. The van der Waals surface area contributed by atoms with Crippen molar-refractivity contribution in [3.05, 3.63) is 11.8 Å². The highest BCUT2D eigenvalue weighted by Gasteiger charge is 2.25. The normalized spacial score (nSPS) is 12.6. The number of nitrogens with one attached hydrogen (secondary N) is 2. The summed E-state index contributed by atoms with van der Waals surface area (Å²) in [4.78, 5) is 1.94. The maximum Gasteiger partial charge on any atom is 0.260 e. The zero-order chi connectivity index (χ0) is 13.8. The van der Waals surface area contributed by atoms with Crippen LogP contribution in [-0.4, -0.2) is 69.1 Å². The van der Waals surface area contributed by atoms with Gasteiger partial charge in [-0.2, -0.15) is 9.40 Å². The van der Waals surface area contributed by atoms with Gasteiger partial charge in [0.25, 0.3) is 10.0 Å². The van der Waals surface area contributed by atoms with Crippen molar-refractivity contribution in [3.63, 3.8) is 0 Å². The minimum absolute atomic E-state index is 0.165. The highest BCUT2D eigenvalue weighted by molar-refractivity contribution is 7.89. The third-order valence-corrected chi connectivity index (χ3v) is 4.45. The Labute approximate surface area is 108 Å². The molecular weight excluding hydrogens is 254 g/mol. The van der Waals surface area contributed by atoms with Crippen molar-refractivity contribution < 1.29 is 8.42 Å². The Morgan fingerprint density at radius 1 is 1.33 bits per heavy atom. The molecule has 18 heavy (non-hydrogen) atoms. The minimum Gasteiger partial charge on any atom is -0.316 e. The maximum atomic E-state index is 12.3. The molecule has 104 valence electrons. The summed E-state index contributed by atoms with van der Waals surface area (Å²) < 4.78 is 26.0. The Balaban J connectivity index is 2.88. The van der Waals surface area contributed by atoms with Crippen LogP contribution in [0.3, 0.4) is 0 Å². The molecule has 0 spiro atoms. The summed E-state index contributed by atoms with van der Waals surface area (Å²) in [7, 11) is 3.65. The first-order valence-corrected chi connectivity index (χ1v) is 7.11. The second-order valence-electron chi connectivity index (χ2n) is 4.38. The van der Waals surface area contributed by atoms with Gasteiger partial charge in [-0.1, -0.05) is 0 Å². The first kappa shape index (κ1) is 15.1. The lowest BCUT2D eigenvalue weighted by molar-refractivity contribution is 0.357. The van der Waals surface area contributed by atoms with E-state index in [1.54, 1.807) is 14.1 Å². The zero-order valence-corrected chi connectivity index (χ0v) is 12.1. The average Bonchev–Trinajstić information content (AvgIpc) is 2.75. The van der Waals surface area contributed by atoms with Gasteiger partial charge in [-0.3, -0.25) is 5.10 Å². The van der Waals surface area contributed by atoms with E-state index in [0.717, 1.165) is 0 Å². The molecule has 1 rings (SSSR count). The number of nitrogens with zero attached hydrogens (tertiary/aromatic N) is 3. The van der Waals surface area contributed by atoms with Gasteiger partial charge in [0.15, 0.2) is 5.03 Å². The number of sulfonamides is 1. The van der Waals surface area contributed by atoms with E-state index < -0.39 is 10.0 Å². The topological polar surface area (TPSA) is 81.3 Å². The summed E-state index contributed by atoms with van der Waals surface area (Å²) in [5.41, 5.74) is 0.647. The zero-order valence-electron chi connectivity index (χ0n) is 11.3. The summed E-state index contributed by atoms with van der Waals surface area (Å²) in [6.45, 7) is 1.57. The van der Waals surface area contributed by atoms with Crippen LogP contribution in [0.5, 0.6) is 0 Å². The fourth-order valence-corrected chi connectivity index (χ4v) is 2.71. The fraction of sp³-hybridized carbons (Fsp3) is 0.700. The lowest BCUT2D eigenvalue weighted by atomic mass is 10.4. The Morgan fingerprint density at radius 2 is 2.00 bits per heavy atom. The van der Waals surface area contributed by atoms with Gasteiger partial charge >= 0.3 is 0 Å². The number of hydrogen-bond acceptors (Lipinski definition) is 5. The van der Waals surface area contributed by atoms with Crippen molar-refractivity contribution in [2.24, 2.45) is 0 Å². The SMILES string of the molecule is CNCc1cn[nH]c1S(=O)(=O)N(C)CCN(C)C. The van der Waals surface area contributed by atoms with Gasteiger partial charge in [-0.15, -0.1) is 0 Å². The largest absolute Gasteiger partial charge is 0.316 e. The van der Waals surface area contributed by atoms with Crippen LogP contribution in [0.25, 0.3) is 0 Å². The number of aromatic nitrogens is 2. The maximum absolute atomic E-state index is 12.3. The molecule has 1 aromatic rings. The first-order chi connectivity index (χ1) is 8.39. The van der Waals surface area contributed by atoms with Crippen molar-refractivity contribution in [1.82, 2.24) is 24.7 Å². The van der Waals surface area contributed by atoms with Gasteiger partial charge < -0.3 is 10.2 Å². The van der Waals surface area contributed by atoms with E-state index in [4.69, 9.17) is 0 Å². The van der Waals surface area contributed by atoms with Gasteiger partial charge in [-0.25, -0.2) is 8.42 Å². The highest BCUT2D eigenvalue weighted by Crippen LogP contribution is 2.15. The number of rotatable bonds is 7. The molecule has 1 aromatic heterocycles. The van der Waals surface area contributed by atoms with Crippen LogP contribution in [0, 0.1) is 0 Å². The van der Waals surface area contributed by atoms with Gasteiger partial charge in [0, 0.05) is 32.2 Å². The van der Waals surface area contributed by atoms with Gasteiger partial charge in [0.1, 0.15) is 0 Å². The summed E-state index contributed by atoms with van der Waals surface area (Å²) in [5.74, 6) is 0. The molecule has 7 nitrogen and oxygen atoms in total. The number of H-pyrrole nitrogens is 1. The first-order valence-electron chi connectivity index (χ1n) is 5.67. The van der Waals surface area contributed by atoms with Crippen molar-refractivity contribution in [1.29, 1.82) is 0 Å². The molecule has 0 unspecified atom stereocenters. The summed E-state index contributed by atoms with van der Waals surface area (Å²) in [6.07, 6.45) is 1.53. The molecule has 0 saturated carbocycles. The molecule has 0 aliphatic heterocycles. The summed E-state index contributed by atoms with van der Waals surface area (Å²) in [5, 5.41) is 9.46. The van der Waals surface area contributed by atoms with Gasteiger partial charge in [0.05, 0.1) is 6.20 Å². The second-order valence-corrected chi connectivity index (χ2v) is 6.37. The van der Waals surface area contributed by atoms with E-state index in [1.165, 1.54) is 10.5 Å². The van der Waals surface area contributed by atoms with Crippen LogP contribution in [0.15, 0.2) is 11.2 Å². The van der Waals surface area contributed by atoms with E-state index in [9.17, 15) is 8.42 Å². The quantitative estimate of drug-likeness (QED) is 0.688. The Morgan fingerprint density at radius 3 is 2.56 bits per heavy atom. The predicted octanol–water partition coefficient (Wildman–Crippen LogP) is -0.689. The van der Waals surface area contributed by atoms with Crippen LogP contribution >= 0.6 is 0 Å². The van der Waals surface area contributed by atoms with E-state index in [2.05, 4.69) is 15.5 Å².